The first kappa shape index (κ1) is 19.7. The quantitative estimate of drug-likeness (QED) is 0.524. The average Bonchev–Trinajstić information content (AvgIpc) is 2.73. The fourth-order valence-electron chi connectivity index (χ4n) is 2.71. The molecule has 1 heterocycles. The van der Waals surface area contributed by atoms with Crippen molar-refractivity contribution in [2.75, 3.05) is 32.0 Å². The number of nitrogens with one attached hydrogen (secondary N) is 2. The van der Waals surface area contributed by atoms with Gasteiger partial charge in [-0.25, -0.2) is 14.8 Å². The van der Waals surface area contributed by atoms with E-state index < -0.39 is 5.97 Å². The summed E-state index contributed by atoms with van der Waals surface area (Å²) in [5, 5.41) is 15.5. The van der Waals surface area contributed by atoms with E-state index in [2.05, 4.69) is 20.6 Å². The predicted octanol–water partition coefficient (Wildman–Crippen LogP) is 3.69. The smallest absolute Gasteiger partial charge is 0.337 e. The van der Waals surface area contributed by atoms with Crippen LogP contribution in [0.3, 0.4) is 0 Å². The number of methoxy groups -OCH3 is 3. The van der Waals surface area contributed by atoms with Gasteiger partial charge in [-0.2, -0.15) is 0 Å². The minimum atomic E-state index is -1.03. The third kappa shape index (κ3) is 4.46. The van der Waals surface area contributed by atoms with Gasteiger partial charge in [-0.3, -0.25) is 0 Å². The average molecular weight is 396 g/mol. The van der Waals surface area contributed by atoms with Crippen LogP contribution < -0.4 is 24.8 Å². The highest BCUT2D eigenvalue weighted by molar-refractivity contribution is 5.95. The lowest BCUT2D eigenvalue weighted by Gasteiger charge is -2.15. The molecule has 1 aromatic heterocycles. The van der Waals surface area contributed by atoms with Crippen molar-refractivity contribution in [2.24, 2.45) is 0 Å². The maximum Gasteiger partial charge on any atom is 0.337 e. The van der Waals surface area contributed by atoms with E-state index in [9.17, 15) is 9.90 Å². The number of carboxylic acids is 1. The minimum absolute atomic E-state index is 0.144. The molecule has 0 saturated carbocycles. The molecule has 3 rings (SSSR count). The zero-order valence-corrected chi connectivity index (χ0v) is 16.1. The van der Waals surface area contributed by atoms with Crippen molar-refractivity contribution in [1.82, 2.24) is 9.97 Å². The molecular weight excluding hydrogens is 376 g/mol. The number of aromatic carboxylic acids is 1. The Morgan fingerprint density at radius 2 is 1.52 bits per heavy atom. The summed E-state index contributed by atoms with van der Waals surface area (Å²) in [6, 6.07) is 11.7. The van der Waals surface area contributed by atoms with Crippen molar-refractivity contribution in [3.63, 3.8) is 0 Å². The van der Waals surface area contributed by atoms with Crippen molar-refractivity contribution >= 4 is 29.0 Å². The van der Waals surface area contributed by atoms with Crippen LogP contribution in [0.1, 0.15) is 10.4 Å². The van der Waals surface area contributed by atoms with Crippen molar-refractivity contribution in [3.8, 4) is 17.2 Å². The van der Waals surface area contributed by atoms with Gasteiger partial charge in [-0.1, -0.05) is 12.1 Å². The van der Waals surface area contributed by atoms with E-state index in [1.807, 2.05) is 0 Å². The third-order valence-electron chi connectivity index (χ3n) is 4.02. The molecule has 0 atom stereocenters. The Balaban J connectivity index is 1.87. The number of para-hydroxylation sites is 1. The molecule has 0 spiro atoms. The first-order chi connectivity index (χ1) is 14.0. The number of hydrogen-bond acceptors (Lipinski definition) is 8. The van der Waals surface area contributed by atoms with E-state index in [-0.39, 0.29) is 5.56 Å². The number of anilines is 4. The second-order valence-electron chi connectivity index (χ2n) is 5.80. The van der Waals surface area contributed by atoms with Crippen LogP contribution in [-0.2, 0) is 0 Å². The summed E-state index contributed by atoms with van der Waals surface area (Å²) in [5.74, 6) is 1.37. The molecule has 0 unspecified atom stereocenters. The molecule has 0 radical (unpaired) electrons. The molecule has 0 amide bonds. The van der Waals surface area contributed by atoms with Crippen LogP contribution in [0, 0.1) is 0 Å². The Morgan fingerprint density at radius 1 is 0.897 bits per heavy atom. The predicted molar refractivity (Wildman–Crippen MR) is 108 cm³/mol. The molecule has 9 heteroatoms. The number of ether oxygens (including phenoxy) is 3. The van der Waals surface area contributed by atoms with Crippen LogP contribution in [0.4, 0.5) is 23.0 Å². The van der Waals surface area contributed by atoms with Gasteiger partial charge in [0.15, 0.2) is 11.5 Å². The first-order valence-electron chi connectivity index (χ1n) is 8.54. The molecule has 29 heavy (non-hydrogen) atoms. The van der Waals surface area contributed by atoms with E-state index in [0.717, 1.165) is 0 Å². The Morgan fingerprint density at radius 3 is 2.10 bits per heavy atom. The molecule has 0 aliphatic heterocycles. The summed E-state index contributed by atoms with van der Waals surface area (Å²) in [7, 11) is 4.60. The molecule has 2 aromatic carbocycles. The van der Waals surface area contributed by atoms with E-state index in [0.29, 0.717) is 40.3 Å². The van der Waals surface area contributed by atoms with E-state index in [4.69, 9.17) is 14.2 Å². The van der Waals surface area contributed by atoms with Crippen molar-refractivity contribution in [1.29, 1.82) is 0 Å². The minimum Gasteiger partial charge on any atom is -0.493 e. The van der Waals surface area contributed by atoms with Gasteiger partial charge in [-0.15, -0.1) is 0 Å². The number of benzene rings is 2. The number of hydrogen-bond donors (Lipinski definition) is 3. The van der Waals surface area contributed by atoms with Gasteiger partial charge in [0.05, 0.1) is 32.6 Å². The molecular formula is C20H20N4O5. The summed E-state index contributed by atoms with van der Waals surface area (Å²) >= 11 is 0. The standard InChI is InChI=1S/C20H20N4O5/c1-27-15-8-12(9-16(28-2)19(15)29-3)23-17-10-18(22-11-21-17)24-14-7-5-4-6-13(14)20(25)26/h4-11H,1-3H3,(H,25,26)(H2,21,22,23,24). The topological polar surface area (TPSA) is 115 Å². The normalized spacial score (nSPS) is 10.2. The highest BCUT2D eigenvalue weighted by Gasteiger charge is 2.14. The zero-order valence-electron chi connectivity index (χ0n) is 16.1. The van der Waals surface area contributed by atoms with Crippen LogP contribution in [0.15, 0.2) is 48.8 Å². The van der Waals surface area contributed by atoms with E-state index in [1.54, 1.807) is 36.4 Å². The summed E-state index contributed by atoms with van der Waals surface area (Å²) in [6.45, 7) is 0. The van der Waals surface area contributed by atoms with Gasteiger partial charge in [0.1, 0.15) is 18.0 Å². The van der Waals surface area contributed by atoms with Gasteiger partial charge < -0.3 is 30.0 Å². The first-order valence-corrected chi connectivity index (χ1v) is 8.54. The Kier molecular flexibility index (Phi) is 5.98. The van der Waals surface area contributed by atoms with Crippen molar-refractivity contribution in [3.05, 3.63) is 54.4 Å². The van der Waals surface area contributed by atoms with Gasteiger partial charge in [0.25, 0.3) is 0 Å². The molecule has 150 valence electrons. The SMILES string of the molecule is COc1cc(Nc2cc(Nc3ccccc3C(=O)O)ncn2)cc(OC)c1OC. The van der Waals surface area contributed by atoms with Crippen LogP contribution in [0.25, 0.3) is 0 Å². The van der Waals surface area contributed by atoms with Gasteiger partial charge in [0.2, 0.25) is 5.75 Å². The monoisotopic (exact) mass is 396 g/mol. The number of nitrogens with zero attached hydrogens (tertiary/aromatic N) is 2. The highest BCUT2D eigenvalue weighted by atomic mass is 16.5. The lowest BCUT2D eigenvalue weighted by atomic mass is 10.2. The number of rotatable bonds is 8. The number of carboxylic acid groups (broad SMARTS) is 1. The Bertz CT molecular complexity index is 1000. The summed E-state index contributed by atoms with van der Waals surface area (Å²) in [5.41, 5.74) is 1.23. The van der Waals surface area contributed by atoms with E-state index >= 15 is 0 Å². The van der Waals surface area contributed by atoms with Crippen LogP contribution >= 0.6 is 0 Å². The van der Waals surface area contributed by atoms with Crippen LogP contribution in [-0.4, -0.2) is 42.4 Å². The molecule has 3 aromatic rings. The molecule has 9 nitrogen and oxygen atoms in total. The fourth-order valence-corrected chi connectivity index (χ4v) is 2.71. The second kappa shape index (κ2) is 8.79. The maximum atomic E-state index is 11.4. The van der Waals surface area contributed by atoms with Gasteiger partial charge in [0, 0.05) is 23.9 Å². The zero-order chi connectivity index (χ0) is 20.8. The lowest BCUT2D eigenvalue weighted by molar-refractivity contribution is 0.0698. The van der Waals surface area contributed by atoms with Crippen molar-refractivity contribution in [2.45, 2.75) is 0 Å². The fraction of sp³-hybridized carbons (Fsp3) is 0.150. The van der Waals surface area contributed by atoms with Gasteiger partial charge in [-0.05, 0) is 12.1 Å². The summed E-state index contributed by atoms with van der Waals surface area (Å²) in [6.07, 6.45) is 1.37. The Labute approximate surface area is 167 Å². The summed E-state index contributed by atoms with van der Waals surface area (Å²) < 4.78 is 16.0. The van der Waals surface area contributed by atoms with Gasteiger partial charge >= 0.3 is 5.97 Å². The number of aromatic nitrogens is 2. The molecule has 0 saturated heterocycles. The number of carbonyl (C=O) groups is 1. The summed E-state index contributed by atoms with van der Waals surface area (Å²) in [4.78, 5) is 19.7. The lowest BCUT2D eigenvalue weighted by Crippen LogP contribution is -2.04. The molecule has 3 N–H and O–H groups in total. The maximum absolute atomic E-state index is 11.4. The van der Waals surface area contributed by atoms with Crippen LogP contribution in [0.2, 0.25) is 0 Å². The third-order valence-corrected chi connectivity index (χ3v) is 4.02. The molecule has 0 aliphatic rings. The van der Waals surface area contributed by atoms with Crippen LogP contribution in [0.5, 0.6) is 17.2 Å². The van der Waals surface area contributed by atoms with Crippen molar-refractivity contribution < 1.29 is 24.1 Å². The largest absolute Gasteiger partial charge is 0.493 e. The Hall–Kier alpha value is -4.01. The highest BCUT2D eigenvalue weighted by Crippen LogP contribution is 2.40. The molecule has 0 bridgehead atoms. The second-order valence-corrected chi connectivity index (χ2v) is 5.80. The van der Waals surface area contributed by atoms with E-state index in [1.165, 1.54) is 33.7 Å². The molecule has 0 aliphatic carbocycles. The molecule has 0 fully saturated rings.